The van der Waals surface area contributed by atoms with E-state index in [-0.39, 0.29) is 18.4 Å². The van der Waals surface area contributed by atoms with Gasteiger partial charge >= 0.3 is 5.97 Å². The Morgan fingerprint density at radius 3 is 3.10 bits per heavy atom. The van der Waals surface area contributed by atoms with Crippen molar-refractivity contribution >= 4 is 5.97 Å². The van der Waals surface area contributed by atoms with Crippen LogP contribution >= 0.6 is 0 Å². The lowest BCUT2D eigenvalue weighted by molar-refractivity contribution is -0.0614. The van der Waals surface area contributed by atoms with Crippen LogP contribution in [0.2, 0.25) is 0 Å². The van der Waals surface area contributed by atoms with Gasteiger partial charge in [-0.3, -0.25) is 4.90 Å². The molecule has 0 amide bonds. The van der Waals surface area contributed by atoms with Crippen molar-refractivity contribution in [2.24, 2.45) is 5.92 Å². The highest BCUT2D eigenvalue weighted by Gasteiger charge is 2.24. The standard InChI is InChI=1S/C15H24N2O4/c1-4-13-14(16-10-21-13)15(18)20-9-12-8-17(5-6-19-12)7-11(2)3/h10-12H,4-9H2,1-3H3/t12-/m1/s1. The van der Waals surface area contributed by atoms with Crippen LogP contribution in [0.4, 0.5) is 0 Å². The van der Waals surface area contributed by atoms with Crippen molar-refractivity contribution in [3.8, 4) is 0 Å². The quantitative estimate of drug-likeness (QED) is 0.745. The summed E-state index contributed by atoms with van der Waals surface area (Å²) in [5.41, 5.74) is 0.271. The van der Waals surface area contributed by atoms with Gasteiger partial charge in [0.2, 0.25) is 0 Å². The lowest BCUT2D eigenvalue weighted by Gasteiger charge is -2.33. The smallest absolute Gasteiger partial charge is 0.360 e. The molecule has 2 rings (SSSR count). The van der Waals surface area contributed by atoms with Gasteiger partial charge in [0.15, 0.2) is 12.1 Å². The van der Waals surface area contributed by atoms with Crippen LogP contribution in [0.25, 0.3) is 0 Å². The zero-order valence-electron chi connectivity index (χ0n) is 13.0. The molecule has 1 aliphatic rings. The Kier molecular flexibility index (Phi) is 5.76. The summed E-state index contributed by atoms with van der Waals surface area (Å²) >= 11 is 0. The normalized spacial score (nSPS) is 19.9. The third kappa shape index (κ3) is 4.54. The fourth-order valence-electron chi connectivity index (χ4n) is 2.49. The van der Waals surface area contributed by atoms with Crippen LogP contribution in [0.15, 0.2) is 10.8 Å². The predicted octanol–water partition coefficient (Wildman–Crippen LogP) is 1.75. The molecule has 1 saturated heterocycles. The lowest BCUT2D eigenvalue weighted by atomic mass is 10.2. The highest BCUT2D eigenvalue weighted by Crippen LogP contribution is 2.12. The van der Waals surface area contributed by atoms with Crippen LogP contribution in [0.5, 0.6) is 0 Å². The number of aromatic nitrogens is 1. The highest BCUT2D eigenvalue weighted by atomic mass is 16.6. The second-order valence-electron chi connectivity index (χ2n) is 5.72. The van der Waals surface area contributed by atoms with Gasteiger partial charge in [0.05, 0.1) is 6.61 Å². The molecule has 0 spiro atoms. The summed E-state index contributed by atoms with van der Waals surface area (Å²) in [7, 11) is 0. The minimum atomic E-state index is -0.440. The number of carbonyl (C=O) groups is 1. The maximum atomic E-state index is 12.0. The molecule has 1 aromatic heterocycles. The van der Waals surface area contributed by atoms with E-state index >= 15 is 0 Å². The molecule has 0 N–H and O–H groups in total. The van der Waals surface area contributed by atoms with Crippen molar-refractivity contribution in [2.75, 3.05) is 32.8 Å². The van der Waals surface area contributed by atoms with Crippen molar-refractivity contribution in [1.82, 2.24) is 9.88 Å². The Labute approximate surface area is 125 Å². The van der Waals surface area contributed by atoms with Crippen LogP contribution < -0.4 is 0 Å². The van der Waals surface area contributed by atoms with E-state index in [0.29, 0.717) is 24.7 Å². The van der Waals surface area contributed by atoms with E-state index in [4.69, 9.17) is 13.9 Å². The molecule has 2 heterocycles. The van der Waals surface area contributed by atoms with Gasteiger partial charge in [0.25, 0.3) is 0 Å². The first-order valence-electron chi connectivity index (χ1n) is 7.53. The van der Waals surface area contributed by atoms with Crippen LogP contribution in [0.3, 0.4) is 0 Å². The Bertz CT molecular complexity index is 458. The molecule has 1 atom stereocenters. The molecule has 6 heteroatoms. The molecule has 0 radical (unpaired) electrons. The van der Waals surface area contributed by atoms with Crippen LogP contribution in [-0.2, 0) is 15.9 Å². The molecule has 6 nitrogen and oxygen atoms in total. The summed E-state index contributed by atoms with van der Waals surface area (Å²) in [6, 6.07) is 0. The number of esters is 1. The number of oxazole rings is 1. The van der Waals surface area contributed by atoms with Crippen LogP contribution in [0.1, 0.15) is 37.0 Å². The summed E-state index contributed by atoms with van der Waals surface area (Å²) in [6.45, 7) is 10.0. The Hall–Kier alpha value is -1.40. The Morgan fingerprint density at radius 1 is 1.57 bits per heavy atom. The maximum absolute atomic E-state index is 12.0. The van der Waals surface area contributed by atoms with Crippen LogP contribution in [-0.4, -0.2) is 54.8 Å². The number of hydrogen-bond donors (Lipinski definition) is 0. The van der Waals surface area contributed by atoms with Gasteiger partial charge in [-0.1, -0.05) is 20.8 Å². The topological polar surface area (TPSA) is 64.8 Å². The molecule has 1 aromatic rings. The van der Waals surface area contributed by atoms with Gasteiger partial charge in [-0.2, -0.15) is 0 Å². The molecule has 1 fully saturated rings. The van der Waals surface area contributed by atoms with Gasteiger partial charge in [-0.15, -0.1) is 0 Å². The zero-order valence-corrected chi connectivity index (χ0v) is 13.0. The number of morpholine rings is 1. The van der Waals surface area contributed by atoms with Gasteiger partial charge in [-0.05, 0) is 5.92 Å². The van der Waals surface area contributed by atoms with E-state index in [9.17, 15) is 4.79 Å². The average molecular weight is 296 g/mol. The van der Waals surface area contributed by atoms with Crippen molar-refractivity contribution in [3.05, 3.63) is 17.8 Å². The molecule has 0 unspecified atom stereocenters. The summed E-state index contributed by atoms with van der Waals surface area (Å²) in [5.74, 6) is 0.740. The Morgan fingerprint density at radius 2 is 2.38 bits per heavy atom. The van der Waals surface area contributed by atoms with Crippen molar-refractivity contribution < 1.29 is 18.7 Å². The monoisotopic (exact) mass is 296 g/mol. The lowest BCUT2D eigenvalue weighted by Crippen LogP contribution is -2.45. The van der Waals surface area contributed by atoms with Gasteiger partial charge in [0, 0.05) is 26.1 Å². The number of hydrogen-bond acceptors (Lipinski definition) is 6. The minimum Gasteiger partial charge on any atom is -0.458 e. The first-order chi connectivity index (χ1) is 10.1. The number of rotatable bonds is 6. The summed E-state index contributed by atoms with van der Waals surface area (Å²) in [5, 5.41) is 0. The van der Waals surface area contributed by atoms with E-state index in [1.165, 1.54) is 6.39 Å². The van der Waals surface area contributed by atoms with Crippen LogP contribution in [0, 0.1) is 5.92 Å². The molecule has 0 saturated carbocycles. The maximum Gasteiger partial charge on any atom is 0.360 e. The van der Waals surface area contributed by atoms with Crippen molar-refractivity contribution in [2.45, 2.75) is 33.3 Å². The molecule has 1 aliphatic heterocycles. The molecular formula is C15H24N2O4. The fourth-order valence-corrected chi connectivity index (χ4v) is 2.49. The largest absolute Gasteiger partial charge is 0.458 e. The molecular weight excluding hydrogens is 272 g/mol. The summed E-state index contributed by atoms with van der Waals surface area (Å²) in [6.07, 6.45) is 1.82. The number of aryl methyl sites for hydroxylation is 1. The molecule has 21 heavy (non-hydrogen) atoms. The summed E-state index contributed by atoms with van der Waals surface area (Å²) < 4.78 is 16.1. The van der Waals surface area contributed by atoms with E-state index in [0.717, 1.165) is 19.6 Å². The van der Waals surface area contributed by atoms with Gasteiger partial charge in [-0.25, -0.2) is 9.78 Å². The van der Waals surface area contributed by atoms with E-state index in [1.54, 1.807) is 0 Å². The van der Waals surface area contributed by atoms with Gasteiger partial charge in [0.1, 0.15) is 18.5 Å². The number of ether oxygens (including phenoxy) is 2. The van der Waals surface area contributed by atoms with Gasteiger partial charge < -0.3 is 13.9 Å². The zero-order chi connectivity index (χ0) is 15.2. The average Bonchev–Trinajstić information content (AvgIpc) is 2.93. The first kappa shape index (κ1) is 16.0. The summed E-state index contributed by atoms with van der Waals surface area (Å²) in [4.78, 5) is 18.2. The highest BCUT2D eigenvalue weighted by molar-refractivity contribution is 5.88. The van der Waals surface area contributed by atoms with Crippen molar-refractivity contribution in [3.63, 3.8) is 0 Å². The minimum absolute atomic E-state index is 0.0709. The SMILES string of the molecule is CCc1ocnc1C(=O)OC[C@H]1CN(CC(C)C)CCO1. The second kappa shape index (κ2) is 7.56. The third-order valence-corrected chi connectivity index (χ3v) is 3.40. The molecule has 0 bridgehead atoms. The van der Waals surface area contributed by atoms with E-state index in [2.05, 4.69) is 23.7 Å². The molecule has 0 aromatic carbocycles. The third-order valence-electron chi connectivity index (χ3n) is 3.40. The second-order valence-corrected chi connectivity index (χ2v) is 5.72. The van der Waals surface area contributed by atoms with E-state index < -0.39 is 5.97 Å². The van der Waals surface area contributed by atoms with Crippen molar-refractivity contribution in [1.29, 1.82) is 0 Å². The fraction of sp³-hybridized carbons (Fsp3) is 0.733. The number of carbonyl (C=O) groups excluding carboxylic acids is 1. The molecule has 0 aliphatic carbocycles. The number of nitrogens with zero attached hydrogens (tertiary/aromatic N) is 2. The first-order valence-corrected chi connectivity index (χ1v) is 7.53. The Balaban J connectivity index is 1.81. The molecule has 118 valence electrons. The predicted molar refractivity (Wildman–Crippen MR) is 77.2 cm³/mol. The van der Waals surface area contributed by atoms with E-state index in [1.807, 2.05) is 6.92 Å².